The molecule has 1 aromatic carbocycles. The van der Waals surface area contributed by atoms with E-state index in [9.17, 15) is 13.2 Å². The summed E-state index contributed by atoms with van der Waals surface area (Å²) in [6.45, 7) is -0.0720. The summed E-state index contributed by atoms with van der Waals surface area (Å²) in [4.78, 5) is 0. The van der Waals surface area contributed by atoms with Crippen LogP contribution in [0, 0.1) is 5.82 Å². The van der Waals surface area contributed by atoms with Crippen LogP contribution < -0.4 is 5.73 Å². The van der Waals surface area contributed by atoms with Gasteiger partial charge in [0.05, 0.1) is 0 Å². The maximum atomic E-state index is 12.5. The molecule has 0 heterocycles. The fourth-order valence-corrected chi connectivity index (χ4v) is 0.964. The van der Waals surface area contributed by atoms with Crippen molar-refractivity contribution in [3.63, 3.8) is 0 Å². The first kappa shape index (κ1) is 9.06. The molecular formula is C8H8F3N. The molecule has 1 nitrogen and oxygen atoms in total. The Hall–Kier alpha value is -1.03. The Bertz CT molecular complexity index is 273. The second-order valence-corrected chi connectivity index (χ2v) is 2.35. The Morgan fingerprint density at radius 1 is 1.33 bits per heavy atom. The van der Waals surface area contributed by atoms with E-state index >= 15 is 0 Å². The minimum Gasteiger partial charge on any atom is -0.326 e. The molecule has 0 fully saturated rings. The summed E-state index contributed by atoms with van der Waals surface area (Å²) in [5.74, 6) is -0.542. The number of nitrogens with two attached hydrogens (primary N) is 1. The van der Waals surface area contributed by atoms with Crippen LogP contribution in [0.2, 0.25) is 0 Å². The molecule has 0 saturated heterocycles. The number of hydrogen-bond donors (Lipinski definition) is 1. The lowest BCUT2D eigenvalue weighted by molar-refractivity contribution is 0.150. The summed E-state index contributed by atoms with van der Waals surface area (Å²) >= 11 is 0. The van der Waals surface area contributed by atoms with E-state index in [-0.39, 0.29) is 17.7 Å². The second kappa shape index (κ2) is 3.58. The summed E-state index contributed by atoms with van der Waals surface area (Å²) in [5.41, 5.74) is 5.12. The summed E-state index contributed by atoms with van der Waals surface area (Å²) in [6, 6.07) is 3.09. The molecule has 4 heteroatoms. The lowest BCUT2D eigenvalue weighted by Gasteiger charge is -2.05. The van der Waals surface area contributed by atoms with Crippen molar-refractivity contribution in [3.05, 3.63) is 35.1 Å². The van der Waals surface area contributed by atoms with E-state index in [0.29, 0.717) is 0 Å². The van der Waals surface area contributed by atoms with Gasteiger partial charge in [-0.1, -0.05) is 6.07 Å². The molecule has 0 aliphatic carbocycles. The van der Waals surface area contributed by atoms with Crippen molar-refractivity contribution >= 4 is 0 Å². The molecule has 2 N–H and O–H groups in total. The summed E-state index contributed by atoms with van der Waals surface area (Å²) in [6.07, 6.45) is -2.59. The maximum absolute atomic E-state index is 12.5. The first-order valence-electron chi connectivity index (χ1n) is 3.41. The number of rotatable bonds is 2. The van der Waals surface area contributed by atoms with Gasteiger partial charge in [0.25, 0.3) is 6.43 Å². The zero-order valence-corrected chi connectivity index (χ0v) is 6.23. The number of halogens is 3. The summed E-state index contributed by atoms with van der Waals surface area (Å²) in [5, 5.41) is 0. The van der Waals surface area contributed by atoms with Crippen LogP contribution in [0.15, 0.2) is 18.2 Å². The van der Waals surface area contributed by atoms with Crippen LogP contribution in [0.5, 0.6) is 0 Å². The Labute approximate surface area is 68.0 Å². The minimum absolute atomic E-state index is 0.0720. The second-order valence-electron chi connectivity index (χ2n) is 2.35. The van der Waals surface area contributed by atoms with Crippen molar-refractivity contribution in [2.24, 2.45) is 5.73 Å². The SMILES string of the molecule is NCc1cc(F)ccc1C(F)F. The third kappa shape index (κ3) is 1.76. The van der Waals surface area contributed by atoms with Crippen LogP contribution in [0.1, 0.15) is 17.6 Å². The molecular weight excluding hydrogens is 167 g/mol. The molecule has 66 valence electrons. The predicted octanol–water partition coefficient (Wildman–Crippen LogP) is 2.22. The lowest BCUT2D eigenvalue weighted by Crippen LogP contribution is -2.02. The molecule has 0 amide bonds. The quantitative estimate of drug-likeness (QED) is 0.732. The van der Waals surface area contributed by atoms with Gasteiger partial charge in [0, 0.05) is 12.1 Å². The Kier molecular flexibility index (Phi) is 2.70. The van der Waals surface area contributed by atoms with E-state index in [1.807, 2.05) is 0 Å². The smallest absolute Gasteiger partial charge is 0.264 e. The van der Waals surface area contributed by atoms with Crippen LogP contribution >= 0.6 is 0 Å². The van der Waals surface area contributed by atoms with Gasteiger partial charge in [-0.05, 0) is 17.7 Å². The Morgan fingerprint density at radius 2 is 2.00 bits per heavy atom. The molecule has 1 rings (SSSR count). The van der Waals surface area contributed by atoms with Gasteiger partial charge in [0.1, 0.15) is 5.82 Å². The van der Waals surface area contributed by atoms with Crippen molar-refractivity contribution in [2.75, 3.05) is 0 Å². The highest BCUT2D eigenvalue weighted by Crippen LogP contribution is 2.22. The third-order valence-corrected chi connectivity index (χ3v) is 1.56. The monoisotopic (exact) mass is 175 g/mol. The van der Waals surface area contributed by atoms with Gasteiger partial charge in [0.15, 0.2) is 0 Å². The van der Waals surface area contributed by atoms with E-state index in [4.69, 9.17) is 5.73 Å². The maximum Gasteiger partial charge on any atom is 0.264 e. The van der Waals surface area contributed by atoms with Crippen molar-refractivity contribution in [1.29, 1.82) is 0 Å². The van der Waals surface area contributed by atoms with Gasteiger partial charge in [-0.2, -0.15) is 0 Å². The van der Waals surface area contributed by atoms with E-state index in [1.54, 1.807) is 0 Å². The minimum atomic E-state index is -2.59. The van der Waals surface area contributed by atoms with E-state index in [2.05, 4.69) is 0 Å². The largest absolute Gasteiger partial charge is 0.326 e. The third-order valence-electron chi connectivity index (χ3n) is 1.56. The number of alkyl halides is 2. The van der Waals surface area contributed by atoms with Crippen molar-refractivity contribution in [3.8, 4) is 0 Å². The standard InChI is InChI=1S/C8H8F3N/c9-6-1-2-7(8(10)11)5(3-6)4-12/h1-3,8H,4,12H2. The van der Waals surface area contributed by atoms with Gasteiger partial charge in [-0.3, -0.25) is 0 Å². The van der Waals surface area contributed by atoms with Crippen LogP contribution in [0.25, 0.3) is 0 Å². The molecule has 0 spiro atoms. The van der Waals surface area contributed by atoms with Crippen LogP contribution in [0.4, 0.5) is 13.2 Å². The zero-order valence-electron chi connectivity index (χ0n) is 6.23. The molecule has 12 heavy (non-hydrogen) atoms. The Balaban J connectivity index is 3.11. The molecule has 0 saturated carbocycles. The zero-order chi connectivity index (χ0) is 9.14. The highest BCUT2D eigenvalue weighted by Gasteiger charge is 2.11. The van der Waals surface area contributed by atoms with E-state index in [1.165, 1.54) is 0 Å². The average molecular weight is 175 g/mol. The Morgan fingerprint density at radius 3 is 2.50 bits per heavy atom. The molecule has 0 aliphatic heterocycles. The van der Waals surface area contributed by atoms with Crippen LogP contribution in [0.3, 0.4) is 0 Å². The van der Waals surface area contributed by atoms with Gasteiger partial charge >= 0.3 is 0 Å². The topological polar surface area (TPSA) is 26.0 Å². The lowest BCUT2D eigenvalue weighted by atomic mass is 10.1. The van der Waals surface area contributed by atoms with Gasteiger partial charge in [-0.25, -0.2) is 13.2 Å². The van der Waals surface area contributed by atoms with Gasteiger partial charge in [0.2, 0.25) is 0 Å². The normalized spacial score (nSPS) is 10.8. The molecule has 0 unspecified atom stereocenters. The molecule has 0 radical (unpaired) electrons. The summed E-state index contributed by atoms with van der Waals surface area (Å²) in [7, 11) is 0. The average Bonchev–Trinajstić information content (AvgIpc) is 2.03. The fraction of sp³-hybridized carbons (Fsp3) is 0.250. The van der Waals surface area contributed by atoms with E-state index in [0.717, 1.165) is 18.2 Å². The van der Waals surface area contributed by atoms with Gasteiger partial charge < -0.3 is 5.73 Å². The predicted molar refractivity (Wildman–Crippen MR) is 39.2 cm³/mol. The fourth-order valence-electron chi connectivity index (χ4n) is 0.964. The molecule has 0 aliphatic rings. The van der Waals surface area contributed by atoms with Crippen molar-refractivity contribution in [1.82, 2.24) is 0 Å². The van der Waals surface area contributed by atoms with Crippen molar-refractivity contribution < 1.29 is 13.2 Å². The van der Waals surface area contributed by atoms with Crippen LogP contribution in [-0.2, 0) is 6.54 Å². The highest BCUT2D eigenvalue weighted by atomic mass is 19.3. The van der Waals surface area contributed by atoms with Crippen LogP contribution in [-0.4, -0.2) is 0 Å². The molecule has 0 aromatic heterocycles. The molecule has 0 atom stereocenters. The van der Waals surface area contributed by atoms with Crippen molar-refractivity contribution in [2.45, 2.75) is 13.0 Å². The first-order chi connectivity index (χ1) is 5.65. The first-order valence-corrected chi connectivity index (χ1v) is 3.41. The van der Waals surface area contributed by atoms with E-state index < -0.39 is 12.2 Å². The molecule has 1 aromatic rings. The molecule has 0 bridgehead atoms. The summed E-state index contributed by atoms with van der Waals surface area (Å²) < 4.78 is 36.8. The van der Waals surface area contributed by atoms with Gasteiger partial charge in [-0.15, -0.1) is 0 Å². The number of hydrogen-bond acceptors (Lipinski definition) is 1. The highest BCUT2D eigenvalue weighted by molar-refractivity contribution is 5.28. The number of benzene rings is 1.